The van der Waals surface area contributed by atoms with Crippen molar-refractivity contribution < 1.29 is 19.0 Å². The van der Waals surface area contributed by atoms with E-state index in [0.29, 0.717) is 42.3 Å². The van der Waals surface area contributed by atoms with Crippen LogP contribution >= 0.6 is 0 Å². The quantitative estimate of drug-likeness (QED) is 0.516. The van der Waals surface area contributed by atoms with Crippen LogP contribution in [0.25, 0.3) is 11.0 Å². The highest BCUT2D eigenvalue weighted by Crippen LogP contribution is 2.32. The normalized spacial score (nSPS) is 15.4. The van der Waals surface area contributed by atoms with Crippen LogP contribution in [0.3, 0.4) is 0 Å². The number of hydrogen-bond donors (Lipinski definition) is 1. The lowest BCUT2D eigenvalue weighted by molar-refractivity contribution is -0.122. The number of aromatic nitrogens is 4. The maximum absolute atomic E-state index is 12.7. The lowest BCUT2D eigenvalue weighted by Crippen LogP contribution is -2.44. The number of benzene rings is 1. The summed E-state index contributed by atoms with van der Waals surface area (Å²) < 4.78 is 19.1. The molecule has 1 amide bonds. The summed E-state index contributed by atoms with van der Waals surface area (Å²) in [6.07, 6.45) is 2.84. The van der Waals surface area contributed by atoms with Crippen molar-refractivity contribution in [3.63, 3.8) is 0 Å². The summed E-state index contributed by atoms with van der Waals surface area (Å²) >= 11 is 0. The Morgan fingerprint density at radius 2 is 1.97 bits per heavy atom. The first-order valence-corrected chi connectivity index (χ1v) is 10.7. The van der Waals surface area contributed by atoms with Crippen LogP contribution in [0.15, 0.2) is 35.5 Å². The Bertz CT molecular complexity index is 1180. The summed E-state index contributed by atoms with van der Waals surface area (Å²) in [6.45, 7) is 2.99. The maximum atomic E-state index is 12.7. The molecule has 11 nitrogen and oxygen atoms in total. The molecule has 1 aliphatic heterocycles. The van der Waals surface area contributed by atoms with Crippen molar-refractivity contribution in [2.24, 2.45) is 7.05 Å². The van der Waals surface area contributed by atoms with E-state index in [1.807, 2.05) is 18.2 Å². The van der Waals surface area contributed by atoms with Crippen LogP contribution in [0.1, 0.15) is 11.6 Å². The molecule has 0 radical (unpaired) electrons. The molecule has 1 aromatic carbocycles. The Balaban J connectivity index is 1.50. The molecule has 1 fully saturated rings. The minimum absolute atomic E-state index is 0.0895. The fraction of sp³-hybridized carbons (Fsp3) is 0.455. The Hall–Kier alpha value is -3.44. The zero-order chi connectivity index (χ0) is 23.4. The molecule has 1 saturated heterocycles. The molecule has 0 saturated carbocycles. The second-order valence-corrected chi connectivity index (χ2v) is 7.77. The molecule has 4 rings (SSSR count). The zero-order valence-electron chi connectivity index (χ0n) is 19.0. The number of carbonyl (C=O) groups excluding carboxylic acids is 1. The van der Waals surface area contributed by atoms with Crippen LogP contribution in [0.2, 0.25) is 0 Å². The molecule has 3 heterocycles. The Kier molecular flexibility index (Phi) is 6.90. The molecule has 1 N–H and O–H groups in total. The number of hydrogen-bond acceptors (Lipinski definition) is 8. The summed E-state index contributed by atoms with van der Waals surface area (Å²) in [5.41, 5.74) is 1.18. The van der Waals surface area contributed by atoms with Gasteiger partial charge in [-0.1, -0.05) is 6.07 Å². The fourth-order valence-electron chi connectivity index (χ4n) is 4.01. The topological polar surface area (TPSA) is 113 Å². The smallest absolute Gasteiger partial charge is 0.264 e. The van der Waals surface area contributed by atoms with Crippen molar-refractivity contribution in [1.29, 1.82) is 0 Å². The number of amides is 1. The molecule has 3 aromatic rings. The summed E-state index contributed by atoms with van der Waals surface area (Å²) in [6, 6.07) is 5.67. The first-order valence-electron chi connectivity index (χ1n) is 10.7. The predicted molar refractivity (Wildman–Crippen MR) is 120 cm³/mol. The molecule has 0 spiro atoms. The van der Waals surface area contributed by atoms with E-state index in [4.69, 9.17) is 14.2 Å². The van der Waals surface area contributed by atoms with Gasteiger partial charge >= 0.3 is 0 Å². The summed E-state index contributed by atoms with van der Waals surface area (Å²) in [7, 11) is 4.90. The molecule has 0 bridgehead atoms. The molecule has 33 heavy (non-hydrogen) atoms. The van der Waals surface area contributed by atoms with Crippen molar-refractivity contribution in [2.75, 3.05) is 47.1 Å². The number of rotatable bonds is 8. The highest BCUT2D eigenvalue weighted by Gasteiger charge is 2.24. The van der Waals surface area contributed by atoms with Gasteiger partial charge in [-0.25, -0.2) is 4.98 Å². The second-order valence-electron chi connectivity index (χ2n) is 7.77. The van der Waals surface area contributed by atoms with Crippen LogP contribution < -0.4 is 20.3 Å². The number of carbonyl (C=O) groups is 1. The highest BCUT2D eigenvalue weighted by molar-refractivity contribution is 5.77. The zero-order valence-corrected chi connectivity index (χ0v) is 19.0. The predicted octanol–water partition coefficient (Wildman–Crippen LogP) is 0.337. The van der Waals surface area contributed by atoms with Crippen molar-refractivity contribution in [3.8, 4) is 11.5 Å². The van der Waals surface area contributed by atoms with Crippen molar-refractivity contribution in [2.45, 2.75) is 12.6 Å². The standard InChI is InChI=1S/C22H28N6O5/c1-26-21-16(11-25-26)22(30)28(14-24-21)13-20(29)23-12-17(27-6-8-33-9-7-27)15-4-5-18(31-2)19(10-15)32-3/h4-5,10-11,14,17H,6-9,12-13H2,1-3H3,(H,23,29). The number of morpholine rings is 1. The van der Waals surface area contributed by atoms with E-state index in [-0.39, 0.29) is 24.1 Å². The van der Waals surface area contributed by atoms with E-state index in [1.165, 1.54) is 21.8 Å². The molecule has 2 aromatic heterocycles. The Labute approximate surface area is 190 Å². The third-order valence-electron chi connectivity index (χ3n) is 5.80. The van der Waals surface area contributed by atoms with Gasteiger partial charge in [-0.3, -0.25) is 23.7 Å². The fourth-order valence-corrected chi connectivity index (χ4v) is 4.01. The lowest BCUT2D eigenvalue weighted by atomic mass is 10.0. The van der Waals surface area contributed by atoms with Gasteiger partial charge in [-0.15, -0.1) is 0 Å². The van der Waals surface area contributed by atoms with Gasteiger partial charge in [0.25, 0.3) is 5.56 Å². The number of fused-ring (bicyclic) bond motifs is 1. The molecule has 0 aliphatic carbocycles. The van der Waals surface area contributed by atoms with E-state index in [9.17, 15) is 9.59 Å². The number of aryl methyl sites for hydroxylation is 1. The number of nitrogens with one attached hydrogen (secondary N) is 1. The molecule has 1 atom stereocenters. The van der Waals surface area contributed by atoms with E-state index < -0.39 is 0 Å². The Morgan fingerprint density at radius 3 is 2.70 bits per heavy atom. The van der Waals surface area contributed by atoms with Crippen molar-refractivity contribution in [1.82, 2.24) is 29.5 Å². The molecule has 11 heteroatoms. The molecular weight excluding hydrogens is 428 g/mol. The average molecular weight is 457 g/mol. The van der Waals surface area contributed by atoms with Gasteiger partial charge in [0.2, 0.25) is 5.91 Å². The van der Waals surface area contributed by atoms with E-state index in [2.05, 4.69) is 20.3 Å². The minimum atomic E-state index is -0.298. The van der Waals surface area contributed by atoms with E-state index in [0.717, 1.165) is 18.7 Å². The van der Waals surface area contributed by atoms with Gasteiger partial charge in [0.05, 0.1) is 39.7 Å². The SMILES string of the molecule is COc1ccc(C(CNC(=O)Cn2cnc3c(cnn3C)c2=O)N2CCOCC2)cc1OC. The molecule has 1 aliphatic rings. The van der Waals surface area contributed by atoms with Crippen LogP contribution in [0, 0.1) is 0 Å². The van der Waals surface area contributed by atoms with Gasteiger partial charge in [0.1, 0.15) is 18.3 Å². The van der Waals surface area contributed by atoms with Gasteiger partial charge in [0.15, 0.2) is 17.1 Å². The minimum Gasteiger partial charge on any atom is -0.493 e. The second kappa shape index (κ2) is 10.0. The average Bonchev–Trinajstić information content (AvgIpc) is 3.22. The Morgan fingerprint density at radius 1 is 1.21 bits per heavy atom. The largest absolute Gasteiger partial charge is 0.493 e. The van der Waals surface area contributed by atoms with E-state index in [1.54, 1.807) is 21.3 Å². The van der Waals surface area contributed by atoms with Crippen molar-refractivity contribution >= 4 is 16.9 Å². The van der Waals surface area contributed by atoms with Gasteiger partial charge in [0, 0.05) is 26.7 Å². The third kappa shape index (κ3) is 4.83. The van der Waals surface area contributed by atoms with Crippen molar-refractivity contribution in [3.05, 3.63) is 46.6 Å². The van der Waals surface area contributed by atoms with E-state index >= 15 is 0 Å². The first kappa shape index (κ1) is 22.7. The van der Waals surface area contributed by atoms with Gasteiger partial charge in [-0.05, 0) is 17.7 Å². The van der Waals surface area contributed by atoms with Gasteiger partial charge in [-0.2, -0.15) is 5.10 Å². The number of methoxy groups -OCH3 is 2. The van der Waals surface area contributed by atoms with Crippen LogP contribution in [-0.4, -0.2) is 77.2 Å². The van der Waals surface area contributed by atoms with Crippen LogP contribution in [0.5, 0.6) is 11.5 Å². The highest BCUT2D eigenvalue weighted by atomic mass is 16.5. The first-order chi connectivity index (χ1) is 16.0. The summed E-state index contributed by atoms with van der Waals surface area (Å²) in [4.78, 5) is 31.9. The van der Waals surface area contributed by atoms with Gasteiger partial charge < -0.3 is 19.5 Å². The summed E-state index contributed by atoms with van der Waals surface area (Å²) in [5, 5.41) is 7.40. The molecule has 176 valence electrons. The third-order valence-corrected chi connectivity index (χ3v) is 5.80. The number of ether oxygens (including phenoxy) is 3. The maximum Gasteiger partial charge on any atom is 0.264 e. The molecular formula is C22H28N6O5. The monoisotopic (exact) mass is 456 g/mol. The summed E-state index contributed by atoms with van der Waals surface area (Å²) in [5.74, 6) is 0.992. The molecule has 1 unspecified atom stereocenters. The van der Waals surface area contributed by atoms with Crippen LogP contribution in [0.4, 0.5) is 0 Å². The number of nitrogens with zero attached hydrogens (tertiary/aromatic N) is 5. The lowest BCUT2D eigenvalue weighted by Gasteiger charge is -2.35. The van der Waals surface area contributed by atoms with Crippen LogP contribution in [-0.2, 0) is 23.1 Å².